The van der Waals surface area contributed by atoms with Crippen LogP contribution in [0.5, 0.6) is 0 Å². The Labute approximate surface area is 274 Å². The van der Waals surface area contributed by atoms with Gasteiger partial charge in [0.1, 0.15) is 0 Å². The lowest BCUT2D eigenvalue weighted by molar-refractivity contribution is -0.109. The van der Waals surface area contributed by atoms with E-state index in [1.165, 1.54) is 75.6 Å². The second kappa shape index (κ2) is 17.6. The number of allylic oxidation sites excluding steroid dienone is 21. The molecule has 0 bridgehead atoms. The average Bonchev–Trinajstić information content (AvgIpc) is 2.91. The molecule has 2 heteroatoms. The van der Waals surface area contributed by atoms with Crippen molar-refractivity contribution in [3.63, 3.8) is 0 Å². The Hall–Kier alpha value is -2.84. The standard InChI is InChI=1S/C42H58OS/c1-31(19-14-21-33(3)24-26-38-35(5)23-16-29-41(38,8)9)17-12-13-18-32(2)20-15-22-34(4)25-27-39-36(6)40(44-37(7)43)28-30-42(39,10)11/h12-15,17-22,24-27,40H,16,23,28-30H2,1-11H3/b13-12+,19-14+,20-15+,26-24+,27-25+,31-17+,32-18+,33-21+,34-22+. The number of rotatable bonds is 11. The summed E-state index contributed by atoms with van der Waals surface area (Å²) in [6.45, 7) is 24.1. The summed E-state index contributed by atoms with van der Waals surface area (Å²) in [5.41, 5.74) is 11.1. The summed E-state index contributed by atoms with van der Waals surface area (Å²) in [5, 5.41) is 0.503. The van der Waals surface area contributed by atoms with E-state index in [0.717, 1.165) is 12.8 Å². The summed E-state index contributed by atoms with van der Waals surface area (Å²) in [7, 11) is 0. The highest BCUT2D eigenvalue weighted by molar-refractivity contribution is 8.14. The first-order valence-electron chi connectivity index (χ1n) is 16.3. The van der Waals surface area contributed by atoms with Crippen LogP contribution in [-0.4, -0.2) is 10.4 Å². The molecule has 2 aliphatic carbocycles. The zero-order valence-electron chi connectivity index (χ0n) is 29.5. The second-order valence-corrected chi connectivity index (χ2v) is 15.3. The van der Waals surface area contributed by atoms with Crippen LogP contribution in [0, 0.1) is 10.8 Å². The summed E-state index contributed by atoms with van der Waals surface area (Å²) in [6, 6.07) is 0. The maximum Gasteiger partial charge on any atom is 0.186 e. The molecule has 0 saturated heterocycles. The van der Waals surface area contributed by atoms with Crippen molar-refractivity contribution >= 4 is 16.9 Å². The molecule has 0 heterocycles. The van der Waals surface area contributed by atoms with Crippen LogP contribution in [0.2, 0.25) is 0 Å². The van der Waals surface area contributed by atoms with Crippen LogP contribution in [0.15, 0.2) is 130 Å². The molecule has 1 nitrogen and oxygen atoms in total. The van der Waals surface area contributed by atoms with E-state index in [0.29, 0.717) is 5.25 Å². The van der Waals surface area contributed by atoms with E-state index in [1.54, 1.807) is 6.92 Å². The highest BCUT2D eigenvalue weighted by Gasteiger charge is 2.32. The van der Waals surface area contributed by atoms with Gasteiger partial charge in [0.2, 0.25) is 0 Å². The van der Waals surface area contributed by atoms with E-state index < -0.39 is 0 Å². The number of thioether (sulfide) groups is 1. The lowest BCUT2D eigenvalue weighted by Crippen LogP contribution is -2.26. The molecule has 0 aromatic rings. The Morgan fingerprint density at radius 1 is 0.659 bits per heavy atom. The predicted molar refractivity (Wildman–Crippen MR) is 199 cm³/mol. The number of hydrogen-bond acceptors (Lipinski definition) is 2. The molecule has 0 saturated carbocycles. The second-order valence-electron chi connectivity index (χ2n) is 14.0. The first kappa shape index (κ1) is 37.3. The van der Waals surface area contributed by atoms with Gasteiger partial charge in [0.05, 0.1) is 0 Å². The Kier molecular flexibility index (Phi) is 14.9. The molecule has 44 heavy (non-hydrogen) atoms. The van der Waals surface area contributed by atoms with Crippen LogP contribution in [0.1, 0.15) is 108 Å². The molecule has 0 spiro atoms. The maximum absolute atomic E-state index is 11.7. The van der Waals surface area contributed by atoms with Crippen LogP contribution in [0.4, 0.5) is 0 Å². The Balaban J connectivity index is 1.94. The predicted octanol–water partition coefficient (Wildman–Crippen LogP) is 12.9. The van der Waals surface area contributed by atoms with E-state index in [9.17, 15) is 4.79 Å². The molecule has 0 N–H and O–H groups in total. The molecule has 238 valence electrons. The van der Waals surface area contributed by atoms with E-state index in [1.807, 2.05) is 0 Å². The lowest BCUT2D eigenvalue weighted by Gasteiger charge is -2.36. The molecule has 1 atom stereocenters. The fraction of sp³-hybridized carbons (Fsp3) is 0.452. The summed E-state index contributed by atoms with van der Waals surface area (Å²) in [6.07, 6.45) is 36.4. The third-order valence-corrected chi connectivity index (χ3v) is 10.0. The monoisotopic (exact) mass is 610 g/mol. The van der Waals surface area contributed by atoms with Crippen LogP contribution in [0.25, 0.3) is 0 Å². The van der Waals surface area contributed by atoms with Gasteiger partial charge in [-0.25, -0.2) is 0 Å². The number of hydrogen-bond donors (Lipinski definition) is 0. The molecule has 0 aromatic heterocycles. The minimum Gasteiger partial charge on any atom is -0.288 e. The molecule has 0 radical (unpaired) electrons. The van der Waals surface area contributed by atoms with Gasteiger partial charge in [-0.2, -0.15) is 0 Å². The van der Waals surface area contributed by atoms with Crippen molar-refractivity contribution in [1.82, 2.24) is 0 Å². The van der Waals surface area contributed by atoms with Crippen LogP contribution in [0.3, 0.4) is 0 Å². The zero-order chi connectivity index (χ0) is 32.9. The fourth-order valence-corrected chi connectivity index (χ4v) is 6.98. The first-order valence-corrected chi connectivity index (χ1v) is 17.2. The number of carbonyl (C=O) groups excluding carboxylic acids is 1. The van der Waals surface area contributed by atoms with Gasteiger partial charge in [-0.1, -0.05) is 158 Å². The van der Waals surface area contributed by atoms with Gasteiger partial charge in [0, 0.05) is 12.2 Å². The third kappa shape index (κ3) is 12.6. The van der Waals surface area contributed by atoms with Gasteiger partial charge in [-0.15, -0.1) is 0 Å². The average molecular weight is 611 g/mol. The van der Waals surface area contributed by atoms with Crippen LogP contribution in [-0.2, 0) is 4.79 Å². The van der Waals surface area contributed by atoms with E-state index in [4.69, 9.17) is 0 Å². The van der Waals surface area contributed by atoms with Crippen molar-refractivity contribution in [2.24, 2.45) is 10.8 Å². The quantitative estimate of drug-likeness (QED) is 0.216. The van der Waals surface area contributed by atoms with Crippen LogP contribution < -0.4 is 0 Å². The van der Waals surface area contributed by atoms with Crippen molar-refractivity contribution in [1.29, 1.82) is 0 Å². The van der Waals surface area contributed by atoms with Crippen molar-refractivity contribution < 1.29 is 4.79 Å². The molecular formula is C42H58OS. The summed E-state index contributed by atoms with van der Waals surface area (Å²) in [4.78, 5) is 11.7. The molecule has 0 amide bonds. The van der Waals surface area contributed by atoms with Crippen molar-refractivity contribution in [2.75, 3.05) is 0 Å². The largest absolute Gasteiger partial charge is 0.288 e. The highest BCUT2D eigenvalue weighted by atomic mass is 32.2. The SMILES string of the molecule is CC(=O)SC1CCC(C)(C)C(/C=C/C(C)=C/C=C/C(C)=C/C=C/C=C(C)/C=C/C=C(C)/C=C/C2=C(C)CCCC2(C)C)=C1C. The third-order valence-electron chi connectivity index (χ3n) is 8.81. The van der Waals surface area contributed by atoms with Crippen LogP contribution >= 0.6 is 11.8 Å². The molecule has 0 aromatic carbocycles. The Morgan fingerprint density at radius 2 is 1.11 bits per heavy atom. The topological polar surface area (TPSA) is 17.1 Å². The van der Waals surface area contributed by atoms with E-state index in [-0.39, 0.29) is 15.9 Å². The molecule has 2 aliphatic rings. The van der Waals surface area contributed by atoms with Crippen molar-refractivity contribution in [3.05, 3.63) is 130 Å². The zero-order valence-corrected chi connectivity index (χ0v) is 30.3. The number of carbonyl (C=O) groups is 1. The lowest BCUT2D eigenvalue weighted by atomic mass is 9.72. The smallest absolute Gasteiger partial charge is 0.186 e. The van der Waals surface area contributed by atoms with Gasteiger partial charge in [0.25, 0.3) is 0 Å². The van der Waals surface area contributed by atoms with Crippen molar-refractivity contribution in [3.8, 4) is 0 Å². The summed E-state index contributed by atoms with van der Waals surface area (Å²) < 4.78 is 0. The first-order chi connectivity index (χ1) is 20.6. The van der Waals surface area contributed by atoms with Gasteiger partial charge in [-0.3, -0.25) is 4.79 Å². The summed E-state index contributed by atoms with van der Waals surface area (Å²) in [5.74, 6) is 0. The van der Waals surface area contributed by atoms with Gasteiger partial charge in [0.15, 0.2) is 5.12 Å². The van der Waals surface area contributed by atoms with Crippen molar-refractivity contribution in [2.45, 2.75) is 114 Å². The van der Waals surface area contributed by atoms with E-state index >= 15 is 0 Å². The molecule has 2 rings (SSSR count). The molecular weight excluding hydrogens is 553 g/mol. The van der Waals surface area contributed by atoms with E-state index in [2.05, 4.69) is 154 Å². The molecule has 0 aliphatic heterocycles. The minimum absolute atomic E-state index is 0.134. The minimum atomic E-state index is 0.134. The maximum atomic E-state index is 11.7. The highest BCUT2D eigenvalue weighted by Crippen LogP contribution is 2.45. The molecule has 0 fully saturated rings. The van der Waals surface area contributed by atoms with Gasteiger partial charge >= 0.3 is 0 Å². The Morgan fingerprint density at radius 3 is 1.61 bits per heavy atom. The molecule has 1 unspecified atom stereocenters. The van der Waals surface area contributed by atoms with Gasteiger partial charge in [-0.05, 0) is 95.6 Å². The Bertz CT molecular complexity index is 1370. The summed E-state index contributed by atoms with van der Waals surface area (Å²) >= 11 is 1.48. The normalized spacial score (nSPS) is 22.7. The van der Waals surface area contributed by atoms with Gasteiger partial charge < -0.3 is 0 Å². The fourth-order valence-electron chi connectivity index (χ4n) is 6.04.